The first-order valence-corrected chi connectivity index (χ1v) is 7.88. The number of benzene rings is 1. The molecule has 0 spiro atoms. The first-order chi connectivity index (χ1) is 12.3. The van der Waals surface area contributed by atoms with Crippen LogP contribution in [0, 0.1) is 11.6 Å². The molecule has 2 rings (SSSR count). The number of unbranched alkanes of at least 4 members (excludes halogenated alkanes) is 1. The molecule has 140 valence electrons. The standard InChI is InChI=1S/C16H18F2N4O4/c1-21-9-14(24)22(16(21)26)5-3-2-4-13(23)19-20-15(25)10-6-11(17)8-12(18)7-10/h6-8H,2-5,9H2,1H3,(H,19,23)(H,20,25). The average Bonchev–Trinajstić information content (AvgIpc) is 2.81. The lowest BCUT2D eigenvalue weighted by molar-refractivity contribution is -0.125. The maximum atomic E-state index is 13.0. The van der Waals surface area contributed by atoms with Crippen molar-refractivity contribution in [1.82, 2.24) is 20.7 Å². The van der Waals surface area contributed by atoms with E-state index in [1.54, 1.807) is 0 Å². The molecular weight excluding hydrogens is 350 g/mol. The lowest BCUT2D eigenvalue weighted by Crippen LogP contribution is -2.41. The third kappa shape index (κ3) is 4.98. The second-order valence-electron chi connectivity index (χ2n) is 5.80. The Balaban J connectivity index is 1.68. The molecule has 1 saturated heterocycles. The molecule has 0 atom stereocenters. The van der Waals surface area contributed by atoms with E-state index in [0.717, 1.165) is 17.0 Å². The zero-order valence-corrected chi connectivity index (χ0v) is 14.1. The van der Waals surface area contributed by atoms with Crippen LogP contribution in [0.1, 0.15) is 29.6 Å². The number of likely N-dealkylation sites (N-methyl/N-ethyl adjacent to an activating group) is 1. The fourth-order valence-corrected chi connectivity index (χ4v) is 2.39. The predicted octanol–water partition coefficient (Wildman–Crippen LogP) is 0.790. The summed E-state index contributed by atoms with van der Waals surface area (Å²) in [5.74, 6) is -3.45. The zero-order chi connectivity index (χ0) is 19.3. The molecule has 1 heterocycles. The molecule has 1 aromatic rings. The molecule has 0 aliphatic carbocycles. The topological polar surface area (TPSA) is 98.8 Å². The van der Waals surface area contributed by atoms with Gasteiger partial charge in [-0.05, 0) is 25.0 Å². The van der Waals surface area contributed by atoms with Crippen molar-refractivity contribution in [2.45, 2.75) is 19.3 Å². The van der Waals surface area contributed by atoms with E-state index in [4.69, 9.17) is 0 Å². The maximum absolute atomic E-state index is 13.0. The number of urea groups is 1. The third-order valence-corrected chi connectivity index (χ3v) is 3.71. The summed E-state index contributed by atoms with van der Waals surface area (Å²) in [6.07, 6.45) is 0.864. The number of amides is 5. The van der Waals surface area contributed by atoms with Gasteiger partial charge in [-0.1, -0.05) is 0 Å². The fourth-order valence-electron chi connectivity index (χ4n) is 2.39. The molecule has 0 bridgehead atoms. The van der Waals surface area contributed by atoms with Crippen molar-refractivity contribution in [3.63, 3.8) is 0 Å². The number of carbonyl (C=O) groups is 4. The molecule has 5 amide bonds. The molecule has 0 radical (unpaired) electrons. The molecule has 1 aliphatic rings. The van der Waals surface area contributed by atoms with Crippen molar-refractivity contribution in [2.24, 2.45) is 0 Å². The van der Waals surface area contributed by atoms with Crippen LogP contribution in [0.3, 0.4) is 0 Å². The highest BCUT2D eigenvalue weighted by atomic mass is 19.1. The van der Waals surface area contributed by atoms with Gasteiger partial charge in [-0.15, -0.1) is 0 Å². The normalized spacial score (nSPS) is 14.0. The highest BCUT2D eigenvalue weighted by molar-refractivity contribution is 6.01. The van der Waals surface area contributed by atoms with Gasteiger partial charge in [-0.25, -0.2) is 13.6 Å². The zero-order valence-electron chi connectivity index (χ0n) is 14.1. The van der Waals surface area contributed by atoms with E-state index in [1.807, 2.05) is 0 Å². The largest absolute Gasteiger partial charge is 0.326 e. The summed E-state index contributed by atoms with van der Waals surface area (Å²) in [6.45, 7) is 0.260. The summed E-state index contributed by atoms with van der Waals surface area (Å²) in [4.78, 5) is 49.0. The van der Waals surface area contributed by atoms with Gasteiger partial charge in [-0.3, -0.25) is 30.1 Å². The predicted molar refractivity (Wildman–Crippen MR) is 85.6 cm³/mol. The molecule has 0 saturated carbocycles. The molecule has 0 unspecified atom stereocenters. The van der Waals surface area contributed by atoms with E-state index < -0.39 is 23.4 Å². The number of nitrogens with zero attached hydrogens (tertiary/aromatic N) is 2. The summed E-state index contributed by atoms with van der Waals surface area (Å²) in [5, 5.41) is 0. The van der Waals surface area contributed by atoms with Crippen LogP contribution in [0.2, 0.25) is 0 Å². The van der Waals surface area contributed by atoms with Gasteiger partial charge in [0.15, 0.2) is 0 Å². The average molecular weight is 368 g/mol. The highest BCUT2D eigenvalue weighted by Gasteiger charge is 2.32. The maximum Gasteiger partial charge on any atom is 0.326 e. The van der Waals surface area contributed by atoms with E-state index in [9.17, 15) is 28.0 Å². The number of rotatable bonds is 6. The molecule has 1 aliphatic heterocycles. The summed E-state index contributed by atoms with van der Waals surface area (Å²) < 4.78 is 26.1. The number of carbonyl (C=O) groups excluding carboxylic acids is 4. The van der Waals surface area contributed by atoms with E-state index in [-0.39, 0.29) is 37.0 Å². The Labute approximate surface area is 148 Å². The van der Waals surface area contributed by atoms with Crippen LogP contribution in [0.15, 0.2) is 18.2 Å². The van der Waals surface area contributed by atoms with Gasteiger partial charge >= 0.3 is 6.03 Å². The molecular formula is C16H18F2N4O4. The van der Waals surface area contributed by atoms with Crippen molar-refractivity contribution in [2.75, 3.05) is 20.1 Å². The Kier molecular flexibility index (Phi) is 6.21. The summed E-state index contributed by atoms with van der Waals surface area (Å²) in [7, 11) is 1.53. The van der Waals surface area contributed by atoms with Gasteiger partial charge in [0.2, 0.25) is 11.8 Å². The molecule has 1 fully saturated rings. The smallest absolute Gasteiger partial charge is 0.318 e. The number of hydrazine groups is 1. The SMILES string of the molecule is CN1CC(=O)N(CCCCC(=O)NNC(=O)c2cc(F)cc(F)c2)C1=O. The van der Waals surface area contributed by atoms with Crippen LogP contribution in [-0.2, 0) is 9.59 Å². The number of hydrogen-bond acceptors (Lipinski definition) is 4. The van der Waals surface area contributed by atoms with Crippen molar-refractivity contribution >= 4 is 23.8 Å². The molecule has 2 N–H and O–H groups in total. The minimum atomic E-state index is -0.905. The highest BCUT2D eigenvalue weighted by Crippen LogP contribution is 2.10. The number of halogens is 2. The summed E-state index contributed by atoms with van der Waals surface area (Å²) >= 11 is 0. The van der Waals surface area contributed by atoms with Crippen molar-refractivity contribution in [1.29, 1.82) is 0 Å². The minimum absolute atomic E-state index is 0.0455. The molecule has 8 nitrogen and oxygen atoms in total. The molecule has 0 aromatic heterocycles. The first kappa shape index (κ1) is 19.3. The lowest BCUT2D eigenvalue weighted by Gasteiger charge is -2.13. The van der Waals surface area contributed by atoms with Gasteiger partial charge in [0.1, 0.15) is 18.2 Å². The summed E-state index contributed by atoms with van der Waals surface area (Å²) in [6, 6.07) is 1.94. The Hall–Kier alpha value is -3.04. The van der Waals surface area contributed by atoms with Crippen LogP contribution < -0.4 is 10.9 Å². The van der Waals surface area contributed by atoms with Crippen molar-refractivity contribution in [3.8, 4) is 0 Å². The number of nitrogens with one attached hydrogen (secondary N) is 2. The van der Waals surface area contributed by atoms with E-state index in [1.165, 1.54) is 11.9 Å². The third-order valence-electron chi connectivity index (χ3n) is 3.71. The number of hydrogen-bond donors (Lipinski definition) is 2. The van der Waals surface area contributed by atoms with E-state index in [0.29, 0.717) is 18.9 Å². The molecule has 1 aromatic carbocycles. The van der Waals surface area contributed by atoms with Crippen LogP contribution in [0.4, 0.5) is 13.6 Å². The minimum Gasteiger partial charge on any atom is -0.318 e. The van der Waals surface area contributed by atoms with E-state index in [2.05, 4.69) is 10.9 Å². The van der Waals surface area contributed by atoms with Gasteiger partial charge in [-0.2, -0.15) is 0 Å². The Morgan fingerprint density at radius 1 is 1.08 bits per heavy atom. The quantitative estimate of drug-likeness (QED) is 0.441. The van der Waals surface area contributed by atoms with Crippen LogP contribution in [0.25, 0.3) is 0 Å². The van der Waals surface area contributed by atoms with Gasteiger partial charge in [0.25, 0.3) is 5.91 Å². The van der Waals surface area contributed by atoms with Gasteiger partial charge in [0, 0.05) is 31.6 Å². The summed E-state index contributed by atoms with van der Waals surface area (Å²) in [5.41, 5.74) is 3.93. The Morgan fingerprint density at radius 2 is 1.73 bits per heavy atom. The van der Waals surface area contributed by atoms with Crippen LogP contribution in [-0.4, -0.2) is 53.7 Å². The second-order valence-corrected chi connectivity index (χ2v) is 5.80. The Bertz CT molecular complexity index is 721. The fraction of sp³-hybridized carbons (Fsp3) is 0.375. The van der Waals surface area contributed by atoms with Crippen molar-refractivity contribution < 1.29 is 28.0 Å². The second kappa shape index (κ2) is 8.37. The molecule has 26 heavy (non-hydrogen) atoms. The van der Waals surface area contributed by atoms with Crippen molar-refractivity contribution in [3.05, 3.63) is 35.4 Å². The van der Waals surface area contributed by atoms with Gasteiger partial charge < -0.3 is 4.90 Å². The van der Waals surface area contributed by atoms with Crippen LogP contribution in [0.5, 0.6) is 0 Å². The monoisotopic (exact) mass is 368 g/mol. The van der Waals surface area contributed by atoms with E-state index >= 15 is 0 Å². The first-order valence-electron chi connectivity index (χ1n) is 7.88. The van der Waals surface area contributed by atoms with Crippen LogP contribution >= 0.6 is 0 Å². The number of imide groups is 1. The Morgan fingerprint density at radius 3 is 2.31 bits per heavy atom. The van der Waals surface area contributed by atoms with Gasteiger partial charge in [0.05, 0.1) is 0 Å². The lowest BCUT2D eigenvalue weighted by atomic mass is 10.2. The molecule has 10 heteroatoms.